The monoisotopic (exact) mass is 344 g/mol. The second-order valence-corrected chi connectivity index (χ2v) is 7.45. The maximum absolute atomic E-state index is 12.5. The maximum atomic E-state index is 12.5. The highest BCUT2D eigenvalue weighted by atomic mass is 35.5. The van der Waals surface area contributed by atoms with Crippen LogP contribution in [0.3, 0.4) is 0 Å². The Labute approximate surface area is 134 Å². The number of benzene rings is 1. The highest BCUT2D eigenvalue weighted by Gasteiger charge is 2.20. The summed E-state index contributed by atoms with van der Waals surface area (Å²) in [5.41, 5.74) is 2.16. The van der Waals surface area contributed by atoms with Crippen molar-refractivity contribution in [1.82, 2.24) is 5.32 Å². The van der Waals surface area contributed by atoms with Gasteiger partial charge in [0.05, 0.1) is 10.6 Å². The number of hydrogen-bond donors (Lipinski definition) is 2. The van der Waals surface area contributed by atoms with E-state index >= 15 is 0 Å². The van der Waals surface area contributed by atoms with E-state index in [2.05, 4.69) is 10.0 Å². The summed E-state index contributed by atoms with van der Waals surface area (Å²) in [6.07, 6.45) is 0. The van der Waals surface area contributed by atoms with Gasteiger partial charge in [-0.2, -0.15) is 11.3 Å². The molecule has 2 N–H and O–H groups in total. The van der Waals surface area contributed by atoms with E-state index in [1.54, 1.807) is 24.4 Å². The molecule has 0 fully saturated rings. The van der Waals surface area contributed by atoms with Gasteiger partial charge < -0.3 is 5.32 Å². The number of thiophene rings is 1. The van der Waals surface area contributed by atoms with E-state index in [1.165, 1.54) is 17.4 Å². The molecule has 21 heavy (non-hydrogen) atoms. The molecule has 0 aliphatic heterocycles. The van der Waals surface area contributed by atoms with Crippen LogP contribution in [0.2, 0.25) is 5.02 Å². The number of halogens is 1. The molecule has 2 aromatic rings. The second-order valence-electron chi connectivity index (χ2n) is 4.59. The van der Waals surface area contributed by atoms with Gasteiger partial charge >= 0.3 is 0 Å². The van der Waals surface area contributed by atoms with Gasteiger partial charge in [0, 0.05) is 16.9 Å². The minimum Gasteiger partial charge on any atom is -0.313 e. The Morgan fingerprint density at radius 1 is 1.33 bits per heavy atom. The lowest BCUT2D eigenvalue weighted by atomic mass is 10.1. The minimum absolute atomic E-state index is 0.217. The summed E-state index contributed by atoms with van der Waals surface area (Å²) >= 11 is 7.50. The molecule has 114 valence electrons. The lowest BCUT2D eigenvalue weighted by Gasteiger charge is -2.14. The van der Waals surface area contributed by atoms with Crippen molar-refractivity contribution in [1.29, 1.82) is 0 Å². The summed E-state index contributed by atoms with van der Waals surface area (Å²) in [6.45, 7) is 5.19. The molecule has 1 aromatic carbocycles. The van der Waals surface area contributed by atoms with Crippen molar-refractivity contribution in [3.05, 3.63) is 45.1 Å². The van der Waals surface area contributed by atoms with Crippen LogP contribution in [-0.2, 0) is 16.6 Å². The molecular weight excluding hydrogens is 328 g/mol. The van der Waals surface area contributed by atoms with Crippen LogP contribution in [0.5, 0.6) is 0 Å². The molecule has 0 saturated carbocycles. The highest BCUT2D eigenvalue weighted by Crippen LogP contribution is 2.26. The maximum Gasteiger partial charge on any atom is 0.262 e. The van der Waals surface area contributed by atoms with Crippen molar-refractivity contribution < 1.29 is 8.42 Å². The van der Waals surface area contributed by atoms with Crippen molar-refractivity contribution in [3.8, 4) is 0 Å². The zero-order valence-corrected chi connectivity index (χ0v) is 14.2. The predicted molar refractivity (Wildman–Crippen MR) is 88.7 cm³/mol. The Kier molecular flexibility index (Phi) is 5.27. The molecule has 0 aliphatic rings. The number of hydrogen-bond acceptors (Lipinski definition) is 4. The van der Waals surface area contributed by atoms with Gasteiger partial charge in [-0.05, 0) is 48.2 Å². The fourth-order valence-electron chi connectivity index (χ4n) is 1.96. The molecule has 7 heteroatoms. The van der Waals surface area contributed by atoms with Crippen molar-refractivity contribution in [2.45, 2.75) is 25.3 Å². The summed E-state index contributed by atoms with van der Waals surface area (Å²) in [6, 6.07) is 5.01. The lowest BCUT2D eigenvalue weighted by molar-refractivity contribution is 0.600. The van der Waals surface area contributed by atoms with Gasteiger partial charge in [0.15, 0.2) is 0 Å². The van der Waals surface area contributed by atoms with E-state index in [9.17, 15) is 8.42 Å². The molecule has 0 saturated heterocycles. The summed E-state index contributed by atoms with van der Waals surface area (Å²) in [5.74, 6) is 0. The first-order valence-corrected chi connectivity index (χ1v) is 9.29. The van der Waals surface area contributed by atoms with Crippen LogP contribution >= 0.6 is 22.9 Å². The van der Waals surface area contributed by atoms with Crippen LogP contribution in [0.25, 0.3) is 0 Å². The van der Waals surface area contributed by atoms with Crippen LogP contribution < -0.4 is 10.0 Å². The molecule has 1 aromatic heterocycles. The fourth-order valence-corrected chi connectivity index (χ4v) is 4.29. The zero-order valence-electron chi connectivity index (χ0n) is 11.8. The first kappa shape index (κ1) is 16.3. The second kappa shape index (κ2) is 6.79. The topological polar surface area (TPSA) is 58.2 Å². The first-order valence-electron chi connectivity index (χ1n) is 6.49. The van der Waals surface area contributed by atoms with E-state index in [0.29, 0.717) is 22.8 Å². The minimum atomic E-state index is -3.64. The molecule has 0 radical (unpaired) electrons. The fraction of sp³-hybridized carbons (Fsp3) is 0.286. The summed E-state index contributed by atoms with van der Waals surface area (Å²) in [4.78, 5) is 0.217. The molecule has 0 spiro atoms. The molecule has 4 nitrogen and oxygen atoms in total. The Morgan fingerprint density at radius 2 is 2.10 bits per heavy atom. The van der Waals surface area contributed by atoms with E-state index in [1.807, 2.05) is 12.3 Å². The van der Waals surface area contributed by atoms with Gasteiger partial charge in [0.1, 0.15) is 0 Å². The smallest absolute Gasteiger partial charge is 0.262 e. The normalized spacial score (nSPS) is 11.6. The molecule has 0 bridgehead atoms. The van der Waals surface area contributed by atoms with Gasteiger partial charge in [-0.25, -0.2) is 8.42 Å². The number of anilines is 1. The molecule has 1 heterocycles. The third-order valence-corrected chi connectivity index (χ3v) is 5.47. The molecule has 0 atom stereocenters. The van der Waals surface area contributed by atoms with Crippen molar-refractivity contribution >= 4 is 38.6 Å². The Hall–Kier alpha value is -1.08. The largest absolute Gasteiger partial charge is 0.313 e. The van der Waals surface area contributed by atoms with Gasteiger partial charge in [-0.15, -0.1) is 0 Å². The van der Waals surface area contributed by atoms with Gasteiger partial charge in [0.2, 0.25) is 0 Å². The van der Waals surface area contributed by atoms with Crippen LogP contribution in [0.1, 0.15) is 18.1 Å². The summed E-state index contributed by atoms with van der Waals surface area (Å²) in [7, 11) is -3.64. The van der Waals surface area contributed by atoms with Crippen LogP contribution in [0, 0.1) is 6.92 Å². The Bertz CT molecular complexity index is 713. The average Bonchev–Trinajstić information content (AvgIpc) is 2.91. The highest BCUT2D eigenvalue weighted by molar-refractivity contribution is 7.92. The third-order valence-electron chi connectivity index (χ3n) is 3.06. The first-order chi connectivity index (χ1) is 9.94. The predicted octanol–water partition coefficient (Wildman–Crippen LogP) is 3.62. The average molecular weight is 345 g/mol. The van der Waals surface area contributed by atoms with E-state index in [0.717, 1.165) is 12.1 Å². The molecule has 2 rings (SSSR count). The summed E-state index contributed by atoms with van der Waals surface area (Å²) in [5, 5.41) is 7.17. The molecule has 0 unspecified atom stereocenters. The van der Waals surface area contributed by atoms with Gasteiger partial charge in [0.25, 0.3) is 10.0 Å². The van der Waals surface area contributed by atoms with E-state index in [4.69, 9.17) is 11.6 Å². The zero-order chi connectivity index (χ0) is 15.5. The standard InChI is InChI=1S/C14H17ClN2O2S2/c1-3-16-8-11-6-12(15)7-14(10(11)2)21(18,19)17-13-4-5-20-9-13/h4-7,9,16-17H,3,8H2,1-2H3. The van der Waals surface area contributed by atoms with Crippen LogP contribution in [-0.4, -0.2) is 15.0 Å². The van der Waals surface area contributed by atoms with Gasteiger partial charge in [-0.1, -0.05) is 18.5 Å². The van der Waals surface area contributed by atoms with Crippen molar-refractivity contribution in [2.75, 3.05) is 11.3 Å². The Balaban J connectivity index is 2.40. The van der Waals surface area contributed by atoms with Crippen molar-refractivity contribution in [3.63, 3.8) is 0 Å². The number of rotatable bonds is 6. The molecule has 0 amide bonds. The SMILES string of the molecule is CCNCc1cc(Cl)cc(S(=O)(=O)Nc2ccsc2)c1C. The number of nitrogens with one attached hydrogen (secondary N) is 2. The molecule has 0 aliphatic carbocycles. The van der Waals surface area contributed by atoms with E-state index < -0.39 is 10.0 Å². The van der Waals surface area contributed by atoms with Crippen LogP contribution in [0.4, 0.5) is 5.69 Å². The summed E-state index contributed by atoms with van der Waals surface area (Å²) < 4.78 is 27.6. The van der Waals surface area contributed by atoms with E-state index in [-0.39, 0.29) is 4.90 Å². The quantitative estimate of drug-likeness (QED) is 0.841. The van der Waals surface area contributed by atoms with Crippen molar-refractivity contribution in [2.24, 2.45) is 0 Å². The third kappa shape index (κ3) is 3.97. The van der Waals surface area contributed by atoms with Crippen LogP contribution in [0.15, 0.2) is 33.9 Å². The number of sulfonamides is 1. The van der Waals surface area contributed by atoms with Gasteiger partial charge in [-0.3, -0.25) is 4.72 Å². The lowest BCUT2D eigenvalue weighted by Crippen LogP contribution is -2.17. The molecular formula is C14H17ClN2O2S2. The Morgan fingerprint density at radius 3 is 2.71 bits per heavy atom.